The Labute approximate surface area is 107 Å². The number of halogens is 1. The van der Waals surface area contributed by atoms with Gasteiger partial charge >= 0.3 is 0 Å². The second kappa shape index (κ2) is 4.49. The van der Waals surface area contributed by atoms with Gasteiger partial charge in [-0.15, -0.1) is 0 Å². The summed E-state index contributed by atoms with van der Waals surface area (Å²) in [6, 6.07) is 6.07. The molecule has 2 heterocycles. The molecular weight excluding hydrogens is 247 g/mol. The number of aromatic nitrogens is 3. The number of hydrogen-bond donors (Lipinski definition) is 1. The minimum absolute atomic E-state index is 0.129. The summed E-state index contributed by atoms with van der Waals surface area (Å²) in [5.41, 5.74) is 8.04. The highest BCUT2D eigenvalue weighted by molar-refractivity contribution is 5.86. The van der Waals surface area contributed by atoms with Crippen LogP contribution in [0.25, 0.3) is 22.4 Å². The molecule has 6 heteroatoms. The molecular formula is C13H9FN4O. The molecule has 0 aliphatic heterocycles. The first-order valence-corrected chi connectivity index (χ1v) is 5.52. The van der Waals surface area contributed by atoms with Gasteiger partial charge in [-0.1, -0.05) is 17.3 Å². The smallest absolute Gasteiger partial charge is 0.230 e. The van der Waals surface area contributed by atoms with E-state index in [1.54, 1.807) is 24.5 Å². The minimum Gasteiger partial charge on any atom is -0.367 e. The average Bonchev–Trinajstić information content (AvgIpc) is 2.82. The Balaban J connectivity index is 2.20. The number of benzene rings is 1. The van der Waals surface area contributed by atoms with E-state index in [1.807, 2.05) is 0 Å². The largest absolute Gasteiger partial charge is 0.367 e. The fraction of sp³-hybridized carbons (Fsp3) is 0. The Hall–Kier alpha value is -2.76. The van der Waals surface area contributed by atoms with E-state index in [1.165, 1.54) is 18.5 Å². The van der Waals surface area contributed by atoms with Crippen molar-refractivity contribution in [2.75, 3.05) is 5.73 Å². The molecule has 0 atom stereocenters. The Morgan fingerprint density at radius 1 is 1.11 bits per heavy atom. The third kappa shape index (κ3) is 2.03. The predicted molar refractivity (Wildman–Crippen MR) is 67.3 cm³/mol. The van der Waals surface area contributed by atoms with Crippen molar-refractivity contribution in [3.8, 4) is 22.4 Å². The first-order valence-electron chi connectivity index (χ1n) is 5.52. The van der Waals surface area contributed by atoms with E-state index in [0.717, 1.165) is 0 Å². The van der Waals surface area contributed by atoms with Gasteiger partial charge in [-0.2, -0.15) is 0 Å². The zero-order chi connectivity index (χ0) is 13.2. The van der Waals surface area contributed by atoms with E-state index in [4.69, 9.17) is 10.3 Å². The highest BCUT2D eigenvalue weighted by Gasteiger charge is 2.18. The molecule has 0 amide bonds. The van der Waals surface area contributed by atoms with Gasteiger partial charge in [-0.3, -0.25) is 0 Å². The maximum absolute atomic E-state index is 13.3. The van der Waals surface area contributed by atoms with E-state index in [0.29, 0.717) is 22.4 Å². The van der Waals surface area contributed by atoms with E-state index in [9.17, 15) is 4.39 Å². The van der Waals surface area contributed by atoms with Gasteiger partial charge in [0, 0.05) is 18.0 Å². The van der Waals surface area contributed by atoms with Crippen LogP contribution in [-0.4, -0.2) is 15.1 Å². The second-order valence-electron chi connectivity index (χ2n) is 3.91. The highest BCUT2D eigenvalue weighted by Crippen LogP contribution is 2.35. The summed E-state index contributed by atoms with van der Waals surface area (Å²) in [6.07, 6.45) is 4.59. The Morgan fingerprint density at radius 3 is 2.63 bits per heavy atom. The van der Waals surface area contributed by atoms with Crippen molar-refractivity contribution >= 4 is 5.88 Å². The average molecular weight is 256 g/mol. The van der Waals surface area contributed by atoms with Gasteiger partial charge in [0.25, 0.3) is 0 Å². The van der Waals surface area contributed by atoms with Crippen molar-refractivity contribution in [2.24, 2.45) is 0 Å². The van der Waals surface area contributed by atoms with Crippen molar-refractivity contribution in [1.29, 1.82) is 0 Å². The molecule has 3 aromatic rings. The summed E-state index contributed by atoms with van der Waals surface area (Å²) in [5.74, 6) is -0.224. The molecule has 0 aliphatic carbocycles. The van der Waals surface area contributed by atoms with Crippen LogP contribution < -0.4 is 5.73 Å². The molecule has 5 nitrogen and oxygen atoms in total. The SMILES string of the molecule is Nc1onc(-c2cncnc2)c1-c1cccc(F)c1. The molecule has 19 heavy (non-hydrogen) atoms. The lowest BCUT2D eigenvalue weighted by molar-refractivity contribution is 0.439. The lowest BCUT2D eigenvalue weighted by Crippen LogP contribution is -1.89. The van der Waals surface area contributed by atoms with Gasteiger partial charge in [0.2, 0.25) is 5.88 Å². The molecule has 2 aromatic heterocycles. The molecule has 3 rings (SSSR count). The maximum atomic E-state index is 13.3. The van der Waals surface area contributed by atoms with Crippen molar-refractivity contribution < 1.29 is 8.91 Å². The lowest BCUT2D eigenvalue weighted by Gasteiger charge is -2.02. The summed E-state index contributed by atoms with van der Waals surface area (Å²) >= 11 is 0. The van der Waals surface area contributed by atoms with Crippen LogP contribution in [0.5, 0.6) is 0 Å². The van der Waals surface area contributed by atoms with Crippen LogP contribution in [0.4, 0.5) is 10.3 Å². The number of rotatable bonds is 2. The van der Waals surface area contributed by atoms with Gasteiger partial charge in [-0.25, -0.2) is 14.4 Å². The molecule has 0 unspecified atom stereocenters. The first kappa shape index (κ1) is 11.3. The normalized spacial score (nSPS) is 10.6. The number of anilines is 1. The third-order valence-corrected chi connectivity index (χ3v) is 2.67. The number of nitrogen functional groups attached to an aromatic ring is 1. The summed E-state index contributed by atoms with van der Waals surface area (Å²) < 4.78 is 18.3. The van der Waals surface area contributed by atoms with Crippen LogP contribution in [0.1, 0.15) is 0 Å². The molecule has 0 saturated carbocycles. The Morgan fingerprint density at radius 2 is 1.89 bits per heavy atom. The summed E-state index contributed by atoms with van der Waals surface area (Å²) in [7, 11) is 0. The fourth-order valence-electron chi connectivity index (χ4n) is 1.84. The molecule has 94 valence electrons. The monoisotopic (exact) mass is 256 g/mol. The second-order valence-corrected chi connectivity index (χ2v) is 3.91. The van der Waals surface area contributed by atoms with E-state index < -0.39 is 0 Å². The molecule has 1 aromatic carbocycles. The van der Waals surface area contributed by atoms with Gasteiger partial charge in [0.15, 0.2) is 0 Å². The fourth-order valence-corrected chi connectivity index (χ4v) is 1.84. The van der Waals surface area contributed by atoms with Gasteiger partial charge in [-0.05, 0) is 17.7 Å². The minimum atomic E-state index is -0.353. The zero-order valence-corrected chi connectivity index (χ0v) is 9.75. The van der Waals surface area contributed by atoms with Gasteiger partial charge in [0.05, 0.1) is 5.56 Å². The van der Waals surface area contributed by atoms with Crippen LogP contribution in [-0.2, 0) is 0 Å². The molecule has 0 fully saturated rings. The predicted octanol–water partition coefficient (Wildman–Crippen LogP) is 2.52. The maximum Gasteiger partial charge on any atom is 0.230 e. The Kier molecular flexibility index (Phi) is 2.68. The van der Waals surface area contributed by atoms with Crippen molar-refractivity contribution in [3.05, 3.63) is 48.8 Å². The first-order chi connectivity index (χ1) is 9.25. The summed E-state index contributed by atoms with van der Waals surface area (Å²) in [6.45, 7) is 0. The molecule has 0 saturated heterocycles. The van der Waals surface area contributed by atoms with Crippen LogP contribution in [0.3, 0.4) is 0 Å². The quantitative estimate of drug-likeness (QED) is 0.762. The summed E-state index contributed by atoms with van der Waals surface area (Å²) in [5, 5.41) is 3.89. The molecule has 0 radical (unpaired) electrons. The molecule has 0 spiro atoms. The van der Waals surface area contributed by atoms with Gasteiger partial charge < -0.3 is 10.3 Å². The van der Waals surface area contributed by atoms with E-state index >= 15 is 0 Å². The van der Waals surface area contributed by atoms with E-state index in [-0.39, 0.29) is 11.7 Å². The van der Waals surface area contributed by atoms with Crippen LogP contribution in [0.15, 0.2) is 47.5 Å². The number of nitrogens with zero attached hydrogens (tertiary/aromatic N) is 3. The summed E-state index contributed by atoms with van der Waals surface area (Å²) in [4.78, 5) is 7.83. The standard InChI is InChI=1S/C13H9FN4O/c14-10-3-1-2-8(4-10)11-12(18-19-13(11)15)9-5-16-7-17-6-9/h1-7H,15H2. The Bertz CT molecular complexity index is 712. The molecule has 2 N–H and O–H groups in total. The lowest BCUT2D eigenvalue weighted by atomic mass is 10.0. The van der Waals surface area contributed by atoms with Crippen molar-refractivity contribution in [2.45, 2.75) is 0 Å². The third-order valence-electron chi connectivity index (χ3n) is 2.67. The zero-order valence-electron chi connectivity index (χ0n) is 9.75. The highest BCUT2D eigenvalue weighted by atomic mass is 19.1. The molecule has 0 bridgehead atoms. The number of hydrogen-bond acceptors (Lipinski definition) is 5. The van der Waals surface area contributed by atoms with Gasteiger partial charge in [0.1, 0.15) is 17.8 Å². The molecule has 0 aliphatic rings. The van der Waals surface area contributed by atoms with Crippen molar-refractivity contribution in [1.82, 2.24) is 15.1 Å². The topological polar surface area (TPSA) is 77.8 Å². The van der Waals surface area contributed by atoms with Crippen molar-refractivity contribution in [3.63, 3.8) is 0 Å². The van der Waals surface area contributed by atoms with E-state index in [2.05, 4.69) is 15.1 Å². The van der Waals surface area contributed by atoms with Crippen LogP contribution in [0.2, 0.25) is 0 Å². The number of nitrogens with two attached hydrogens (primary N) is 1. The van der Waals surface area contributed by atoms with Crippen LogP contribution >= 0.6 is 0 Å². The van der Waals surface area contributed by atoms with Crippen LogP contribution in [0, 0.1) is 5.82 Å².